The van der Waals surface area contributed by atoms with E-state index in [0.717, 1.165) is 12.8 Å². The maximum absolute atomic E-state index is 11.7. The number of hydrogen-bond donors (Lipinski definition) is 0. The molecule has 0 saturated heterocycles. The van der Waals surface area contributed by atoms with Crippen LogP contribution in [-0.4, -0.2) is 30.2 Å². The van der Waals surface area contributed by atoms with Crippen molar-refractivity contribution in [2.24, 2.45) is 5.92 Å². The number of amides is 1. The van der Waals surface area contributed by atoms with Gasteiger partial charge in [0, 0.05) is 12.6 Å². The Morgan fingerprint density at radius 2 is 1.93 bits per heavy atom. The van der Waals surface area contributed by atoms with E-state index in [1.54, 1.807) is 4.90 Å². The average molecular weight is 215 g/mol. The second kappa shape index (κ2) is 5.99. The van der Waals surface area contributed by atoms with Gasteiger partial charge >= 0.3 is 6.09 Å². The first-order valence-electron chi connectivity index (χ1n) is 5.84. The fourth-order valence-corrected chi connectivity index (χ4v) is 1.78. The molecule has 0 aliphatic carbocycles. The van der Waals surface area contributed by atoms with Crippen molar-refractivity contribution < 1.29 is 9.53 Å². The molecule has 0 bridgehead atoms. The minimum absolute atomic E-state index is 0.110. The van der Waals surface area contributed by atoms with Crippen LogP contribution in [0.4, 0.5) is 4.79 Å². The quantitative estimate of drug-likeness (QED) is 0.704. The molecular formula is C12H25NO2. The molecule has 0 heterocycles. The van der Waals surface area contributed by atoms with Gasteiger partial charge in [-0.1, -0.05) is 27.2 Å². The smallest absolute Gasteiger partial charge is 0.409 e. The Kier molecular flexibility index (Phi) is 5.69. The molecule has 0 N–H and O–H groups in total. The van der Waals surface area contributed by atoms with Crippen molar-refractivity contribution >= 4 is 6.09 Å². The van der Waals surface area contributed by atoms with Gasteiger partial charge in [-0.3, -0.25) is 0 Å². The second-order valence-corrected chi connectivity index (χ2v) is 4.28. The van der Waals surface area contributed by atoms with Gasteiger partial charge in [-0.25, -0.2) is 4.79 Å². The summed E-state index contributed by atoms with van der Waals surface area (Å²) in [5.41, 5.74) is -0.110. The number of carbonyl (C=O) groups is 1. The number of rotatable bonds is 5. The molecule has 0 radical (unpaired) electrons. The molecule has 0 aromatic carbocycles. The minimum atomic E-state index is -0.220. The first kappa shape index (κ1) is 14.3. The van der Waals surface area contributed by atoms with Crippen LogP contribution in [0.2, 0.25) is 0 Å². The fourth-order valence-electron chi connectivity index (χ4n) is 1.78. The Morgan fingerprint density at radius 1 is 1.40 bits per heavy atom. The van der Waals surface area contributed by atoms with E-state index in [-0.39, 0.29) is 11.6 Å². The van der Waals surface area contributed by atoms with E-state index in [1.165, 1.54) is 0 Å². The Balaban J connectivity index is 4.71. The molecule has 0 saturated carbocycles. The van der Waals surface area contributed by atoms with Crippen LogP contribution in [0.25, 0.3) is 0 Å². The maximum Gasteiger partial charge on any atom is 0.409 e. The topological polar surface area (TPSA) is 29.5 Å². The van der Waals surface area contributed by atoms with Crippen LogP contribution >= 0.6 is 0 Å². The van der Waals surface area contributed by atoms with E-state index < -0.39 is 0 Å². The van der Waals surface area contributed by atoms with Crippen molar-refractivity contribution in [3.63, 3.8) is 0 Å². The summed E-state index contributed by atoms with van der Waals surface area (Å²) in [7, 11) is 1.83. The molecule has 0 aliphatic heterocycles. The van der Waals surface area contributed by atoms with Crippen molar-refractivity contribution in [1.29, 1.82) is 0 Å². The first-order chi connectivity index (χ1) is 6.93. The third kappa shape index (κ3) is 3.11. The van der Waals surface area contributed by atoms with Gasteiger partial charge in [-0.2, -0.15) is 0 Å². The molecule has 0 aromatic heterocycles. The zero-order valence-corrected chi connectivity index (χ0v) is 11.0. The zero-order chi connectivity index (χ0) is 12.1. The highest BCUT2D eigenvalue weighted by Gasteiger charge is 2.36. The molecule has 2 atom stereocenters. The number of carbonyl (C=O) groups excluding carboxylic acids is 1. The minimum Gasteiger partial charge on any atom is -0.450 e. The summed E-state index contributed by atoms with van der Waals surface area (Å²) in [6, 6.07) is 0. The van der Waals surface area contributed by atoms with E-state index >= 15 is 0 Å². The fraction of sp³-hybridized carbons (Fsp3) is 0.917. The lowest BCUT2D eigenvalue weighted by Gasteiger charge is -2.42. The van der Waals surface area contributed by atoms with Gasteiger partial charge < -0.3 is 9.64 Å². The molecule has 2 unspecified atom stereocenters. The second-order valence-electron chi connectivity index (χ2n) is 4.28. The van der Waals surface area contributed by atoms with E-state index in [2.05, 4.69) is 27.7 Å². The predicted octanol–water partition coefficient (Wildman–Crippen LogP) is 3.29. The Bertz CT molecular complexity index is 206. The van der Waals surface area contributed by atoms with Crippen LogP contribution in [0.1, 0.15) is 47.5 Å². The molecule has 0 aromatic rings. The maximum atomic E-state index is 11.7. The van der Waals surface area contributed by atoms with Crippen LogP contribution < -0.4 is 0 Å². The number of ether oxygens (including phenoxy) is 1. The summed E-state index contributed by atoms with van der Waals surface area (Å²) in [5, 5.41) is 0. The Morgan fingerprint density at radius 3 is 2.27 bits per heavy atom. The van der Waals surface area contributed by atoms with Crippen LogP contribution in [0.5, 0.6) is 0 Å². The van der Waals surface area contributed by atoms with Crippen molar-refractivity contribution in [2.75, 3.05) is 13.7 Å². The summed E-state index contributed by atoms with van der Waals surface area (Å²) >= 11 is 0. The normalized spacial score (nSPS) is 16.7. The highest BCUT2D eigenvalue weighted by molar-refractivity contribution is 5.68. The van der Waals surface area contributed by atoms with Gasteiger partial charge in [0.05, 0.1) is 6.61 Å². The molecule has 0 fully saturated rings. The molecule has 0 aliphatic rings. The lowest BCUT2D eigenvalue weighted by molar-refractivity contribution is 0.0455. The Labute approximate surface area is 93.8 Å². The van der Waals surface area contributed by atoms with Gasteiger partial charge in [0.25, 0.3) is 0 Å². The average Bonchev–Trinajstić information content (AvgIpc) is 2.26. The SMILES string of the molecule is CCOC(=O)N(C)C(C)(CC)C(C)CC. The van der Waals surface area contributed by atoms with E-state index in [1.807, 2.05) is 14.0 Å². The molecule has 3 nitrogen and oxygen atoms in total. The first-order valence-corrected chi connectivity index (χ1v) is 5.84. The monoisotopic (exact) mass is 215 g/mol. The summed E-state index contributed by atoms with van der Waals surface area (Å²) < 4.78 is 5.03. The highest BCUT2D eigenvalue weighted by Crippen LogP contribution is 2.29. The molecule has 3 heteroatoms. The van der Waals surface area contributed by atoms with E-state index in [4.69, 9.17) is 4.74 Å². The van der Waals surface area contributed by atoms with Crippen molar-refractivity contribution in [3.8, 4) is 0 Å². The van der Waals surface area contributed by atoms with Crippen molar-refractivity contribution in [3.05, 3.63) is 0 Å². The lowest BCUT2D eigenvalue weighted by atomic mass is 9.82. The number of hydrogen-bond acceptors (Lipinski definition) is 2. The predicted molar refractivity (Wildman–Crippen MR) is 62.9 cm³/mol. The third-order valence-electron chi connectivity index (χ3n) is 3.70. The summed E-state index contributed by atoms with van der Waals surface area (Å²) in [5.74, 6) is 0.469. The summed E-state index contributed by atoms with van der Waals surface area (Å²) in [4.78, 5) is 13.4. The zero-order valence-electron chi connectivity index (χ0n) is 11.0. The van der Waals surface area contributed by atoms with Crippen molar-refractivity contribution in [2.45, 2.75) is 53.0 Å². The molecule has 90 valence electrons. The van der Waals surface area contributed by atoms with Crippen LogP contribution in [-0.2, 0) is 4.74 Å². The largest absolute Gasteiger partial charge is 0.450 e. The standard InChI is InChI=1S/C12H25NO2/c1-7-10(4)12(5,8-2)13(6)11(14)15-9-3/h10H,7-9H2,1-6H3. The van der Waals surface area contributed by atoms with Gasteiger partial charge in [0.2, 0.25) is 0 Å². The molecular weight excluding hydrogens is 190 g/mol. The molecule has 15 heavy (non-hydrogen) atoms. The lowest BCUT2D eigenvalue weighted by Crippen LogP contribution is -2.51. The van der Waals surface area contributed by atoms with Crippen LogP contribution in [0.15, 0.2) is 0 Å². The van der Waals surface area contributed by atoms with Crippen LogP contribution in [0, 0.1) is 5.92 Å². The van der Waals surface area contributed by atoms with E-state index in [9.17, 15) is 4.79 Å². The van der Waals surface area contributed by atoms with Gasteiger partial charge in [-0.05, 0) is 26.2 Å². The highest BCUT2D eigenvalue weighted by atomic mass is 16.6. The third-order valence-corrected chi connectivity index (χ3v) is 3.70. The summed E-state index contributed by atoms with van der Waals surface area (Å²) in [6.07, 6.45) is 1.79. The van der Waals surface area contributed by atoms with Gasteiger partial charge in [-0.15, -0.1) is 0 Å². The number of nitrogens with zero attached hydrogens (tertiary/aromatic N) is 1. The molecule has 0 rings (SSSR count). The Hall–Kier alpha value is -0.730. The van der Waals surface area contributed by atoms with Gasteiger partial charge in [0.1, 0.15) is 0 Å². The van der Waals surface area contributed by atoms with Gasteiger partial charge in [0.15, 0.2) is 0 Å². The van der Waals surface area contributed by atoms with Crippen molar-refractivity contribution in [1.82, 2.24) is 4.90 Å². The molecule has 1 amide bonds. The molecule has 0 spiro atoms. The van der Waals surface area contributed by atoms with E-state index in [0.29, 0.717) is 12.5 Å². The summed E-state index contributed by atoms with van der Waals surface area (Å²) in [6.45, 7) is 10.8. The van der Waals surface area contributed by atoms with Crippen LogP contribution in [0.3, 0.4) is 0 Å².